The van der Waals surface area contributed by atoms with Crippen molar-refractivity contribution in [3.05, 3.63) is 58.9 Å². The minimum atomic E-state index is -0.438. The average Bonchev–Trinajstić information content (AvgIpc) is 2.90. The Kier molecular flexibility index (Phi) is 3.80. The highest BCUT2D eigenvalue weighted by Crippen LogP contribution is 2.28. The molecule has 1 aliphatic rings. The number of amides is 1. The van der Waals surface area contributed by atoms with Crippen LogP contribution < -0.4 is 9.64 Å². The zero-order valence-corrected chi connectivity index (χ0v) is 11.9. The summed E-state index contributed by atoms with van der Waals surface area (Å²) in [6.45, 7) is 0.526. The van der Waals surface area contributed by atoms with Gasteiger partial charge in [-0.1, -0.05) is 29.8 Å². The first-order valence-corrected chi connectivity index (χ1v) is 6.99. The molecule has 0 saturated carbocycles. The van der Waals surface area contributed by atoms with Gasteiger partial charge < -0.3 is 9.64 Å². The molecule has 0 aromatic heterocycles. The molecule has 0 spiro atoms. The number of hydrogen-bond acceptors (Lipinski definition) is 2. The fourth-order valence-electron chi connectivity index (χ4n) is 2.41. The number of hydrogen-bond donors (Lipinski definition) is 0. The van der Waals surface area contributed by atoms with E-state index in [4.69, 9.17) is 16.3 Å². The lowest BCUT2D eigenvalue weighted by atomic mass is 10.2. The number of para-hydroxylation sites is 1. The van der Waals surface area contributed by atoms with Crippen molar-refractivity contribution in [3.63, 3.8) is 0 Å². The molecule has 108 valence electrons. The summed E-state index contributed by atoms with van der Waals surface area (Å²) >= 11 is 5.86. The van der Waals surface area contributed by atoms with Crippen molar-refractivity contribution in [1.82, 2.24) is 0 Å². The van der Waals surface area contributed by atoms with Gasteiger partial charge in [0.05, 0.1) is 5.02 Å². The van der Waals surface area contributed by atoms with Gasteiger partial charge in [0.15, 0.2) is 6.61 Å². The molecule has 0 fully saturated rings. The van der Waals surface area contributed by atoms with Gasteiger partial charge in [0, 0.05) is 12.2 Å². The lowest BCUT2D eigenvalue weighted by Crippen LogP contribution is -2.33. The molecule has 21 heavy (non-hydrogen) atoms. The monoisotopic (exact) mass is 305 g/mol. The first-order chi connectivity index (χ1) is 10.1. The Bertz CT molecular complexity index is 690. The molecule has 0 radical (unpaired) electrons. The molecule has 0 bridgehead atoms. The molecular weight excluding hydrogens is 293 g/mol. The van der Waals surface area contributed by atoms with Crippen LogP contribution in [0.4, 0.5) is 10.1 Å². The first-order valence-electron chi connectivity index (χ1n) is 6.61. The summed E-state index contributed by atoms with van der Waals surface area (Å²) in [6.07, 6.45) is 0.846. The van der Waals surface area contributed by atoms with Crippen molar-refractivity contribution in [2.24, 2.45) is 0 Å². The first kappa shape index (κ1) is 13.9. The second-order valence-corrected chi connectivity index (χ2v) is 5.19. The molecule has 0 saturated heterocycles. The number of nitrogens with zero attached hydrogens (tertiary/aromatic N) is 1. The van der Waals surface area contributed by atoms with Gasteiger partial charge in [-0.2, -0.15) is 0 Å². The van der Waals surface area contributed by atoms with Crippen LogP contribution in [0, 0.1) is 5.82 Å². The van der Waals surface area contributed by atoms with Crippen LogP contribution in [0.3, 0.4) is 0 Å². The number of anilines is 1. The normalized spacial score (nSPS) is 13.1. The Morgan fingerprint density at radius 2 is 2.10 bits per heavy atom. The summed E-state index contributed by atoms with van der Waals surface area (Å²) in [5, 5.41) is 0.157. The highest BCUT2D eigenvalue weighted by molar-refractivity contribution is 6.32. The van der Waals surface area contributed by atoms with E-state index in [2.05, 4.69) is 0 Å². The molecule has 2 aromatic carbocycles. The van der Waals surface area contributed by atoms with Crippen LogP contribution in [0.25, 0.3) is 0 Å². The molecule has 3 rings (SSSR count). The predicted octanol–water partition coefficient (Wildman–Crippen LogP) is 3.45. The second-order valence-electron chi connectivity index (χ2n) is 4.79. The van der Waals surface area contributed by atoms with Crippen molar-refractivity contribution in [3.8, 4) is 5.75 Å². The van der Waals surface area contributed by atoms with Crippen LogP contribution in [0.2, 0.25) is 5.02 Å². The third kappa shape index (κ3) is 2.85. The van der Waals surface area contributed by atoms with E-state index in [0.29, 0.717) is 12.3 Å². The molecule has 5 heteroatoms. The van der Waals surface area contributed by atoms with E-state index in [-0.39, 0.29) is 17.5 Å². The lowest BCUT2D eigenvalue weighted by molar-refractivity contribution is -0.120. The number of halogens is 2. The fourth-order valence-corrected chi connectivity index (χ4v) is 2.63. The fraction of sp³-hybridized carbons (Fsp3) is 0.188. The van der Waals surface area contributed by atoms with Crippen molar-refractivity contribution in [2.45, 2.75) is 6.42 Å². The van der Waals surface area contributed by atoms with E-state index in [1.54, 1.807) is 4.90 Å². The number of ether oxygens (including phenoxy) is 1. The van der Waals surface area contributed by atoms with Gasteiger partial charge in [0.1, 0.15) is 11.6 Å². The molecule has 1 amide bonds. The molecule has 0 unspecified atom stereocenters. The summed E-state index contributed by atoms with van der Waals surface area (Å²) in [4.78, 5) is 13.9. The molecule has 3 nitrogen and oxygen atoms in total. The number of benzene rings is 2. The summed E-state index contributed by atoms with van der Waals surface area (Å²) in [6, 6.07) is 11.6. The smallest absolute Gasteiger partial charge is 0.264 e. The Morgan fingerprint density at radius 3 is 2.90 bits per heavy atom. The Morgan fingerprint density at radius 1 is 1.29 bits per heavy atom. The Labute approximate surface area is 126 Å². The Balaban J connectivity index is 1.68. The number of rotatable bonds is 3. The summed E-state index contributed by atoms with van der Waals surface area (Å²) in [5.41, 5.74) is 2.09. The highest BCUT2D eigenvalue weighted by Gasteiger charge is 2.24. The SMILES string of the molecule is O=C(COc1ccc(F)cc1Cl)N1CCc2ccccc21. The van der Waals surface area contributed by atoms with Gasteiger partial charge in [-0.15, -0.1) is 0 Å². The molecule has 1 heterocycles. The van der Waals surface area contributed by atoms with Gasteiger partial charge in [0.25, 0.3) is 5.91 Å². The van der Waals surface area contributed by atoms with E-state index in [0.717, 1.165) is 23.7 Å². The maximum absolute atomic E-state index is 12.9. The van der Waals surface area contributed by atoms with Gasteiger partial charge >= 0.3 is 0 Å². The van der Waals surface area contributed by atoms with Gasteiger partial charge in [-0.05, 0) is 36.2 Å². The molecule has 2 aromatic rings. The third-order valence-corrected chi connectivity index (χ3v) is 3.73. The van der Waals surface area contributed by atoms with Crippen molar-refractivity contribution >= 4 is 23.2 Å². The zero-order valence-electron chi connectivity index (χ0n) is 11.2. The number of fused-ring (bicyclic) bond motifs is 1. The van der Waals surface area contributed by atoms with E-state index in [1.807, 2.05) is 24.3 Å². The van der Waals surface area contributed by atoms with Gasteiger partial charge in [-0.3, -0.25) is 4.79 Å². The van der Waals surface area contributed by atoms with Crippen LogP contribution in [-0.2, 0) is 11.2 Å². The average molecular weight is 306 g/mol. The molecule has 1 aliphatic heterocycles. The number of carbonyl (C=O) groups excluding carboxylic acids is 1. The van der Waals surface area contributed by atoms with Crippen molar-refractivity contribution in [2.75, 3.05) is 18.1 Å². The van der Waals surface area contributed by atoms with E-state index >= 15 is 0 Å². The predicted molar refractivity (Wildman–Crippen MR) is 79.4 cm³/mol. The highest BCUT2D eigenvalue weighted by atomic mass is 35.5. The maximum Gasteiger partial charge on any atom is 0.264 e. The van der Waals surface area contributed by atoms with Gasteiger partial charge in [-0.25, -0.2) is 4.39 Å². The maximum atomic E-state index is 12.9. The standard InChI is InChI=1S/C16H13ClFNO2/c17-13-9-12(18)5-6-15(13)21-10-16(20)19-8-7-11-3-1-2-4-14(11)19/h1-6,9H,7-8,10H2. The minimum Gasteiger partial charge on any atom is -0.482 e. The van der Waals surface area contributed by atoms with E-state index < -0.39 is 5.82 Å². The second kappa shape index (κ2) is 5.74. The lowest BCUT2D eigenvalue weighted by Gasteiger charge is -2.17. The van der Waals surface area contributed by atoms with Crippen LogP contribution in [-0.4, -0.2) is 19.1 Å². The summed E-state index contributed by atoms with van der Waals surface area (Å²) in [7, 11) is 0. The summed E-state index contributed by atoms with van der Waals surface area (Å²) in [5.74, 6) is -0.272. The zero-order chi connectivity index (χ0) is 14.8. The molecular formula is C16H13ClFNO2. The van der Waals surface area contributed by atoms with Crippen LogP contribution in [0.15, 0.2) is 42.5 Å². The van der Waals surface area contributed by atoms with E-state index in [1.165, 1.54) is 12.1 Å². The molecule has 0 atom stereocenters. The van der Waals surface area contributed by atoms with Gasteiger partial charge in [0.2, 0.25) is 0 Å². The van der Waals surface area contributed by atoms with Crippen LogP contribution >= 0.6 is 11.6 Å². The minimum absolute atomic E-state index is 0.125. The quantitative estimate of drug-likeness (QED) is 0.869. The summed E-state index contributed by atoms with van der Waals surface area (Å²) < 4.78 is 18.3. The largest absolute Gasteiger partial charge is 0.482 e. The van der Waals surface area contributed by atoms with E-state index in [9.17, 15) is 9.18 Å². The number of carbonyl (C=O) groups is 1. The third-order valence-electron chi connectivity index (χ3n) is 3.43. The van der Waals surface area contributed by atoms with Crippen molar-refractivity contribution < 1.29 is 13.9 Å². The topological polar surface area (TPSA) is 29.5 Å². The Hall–Kier alpha value is -2.07. The van der Waals surface area contributed by atoms with Crippen LogP contribution in [0.5, 0.6) is 5.75 Å². The van der Waals surface area contributed by atoms with Crippen LogP contribution in [0.1, 0.15) is 5.56 Å². The molecule has 0 aliphatic carbocycles. The molecule has 0 N–H and O–H groups in total. The van der Waals surface area contributed by atoms with Crippen molar-refractivity contribution in [1.29, 1.82) is 0 Å².